The highest BCUT2D eigenvalue weighted by Crippen LogP contribution is 2.35. The van der Waals surface area contributed by atoms with Gasteiger partial charge in [0.1, 0.15) is 0 Å². The largest absolute Gasteiger partial charge is 0.339 e. The fourth-order valence-corrected chi connectivity index (χ4v) is 2.37. The van der Waals surface area contributed by atoms with E-state index in [1.807, 2.05) is 0 Å². The quantitative estimate of drug-likeness (QED) is 0.826. The van der Waals surface area contributed by atoms with Crippen molar-refractivity contribution in [1.29, 1.82) is 0 Å². The van der Waals surface area contributed by atoms with Gasteiger partial charge in [0.05, 0.1) is 5.92 Å². The molecule has 1 heterocycles. The lowest BCUT2D eigenvalue weighted by Crippen LogP contribution is -2.33. The summed E-state index contributed by atoms with van der Waals surface area (Å²) in [5.41, 5.74) is 0. The Bertz CT molecular complexity index is 346. The summed E-state index contributed by atoms with van der Waals surface area (Å²) >= 11 is 0. The average Bonchev–Trinajstić information content (AvgIpc) is 2.71. The molecule has 0 aliphatic heterocycles. The lowest BCUT2D eigenvalue weighted by Gasteiger charge is -2.21. The van der Waals surface area contributed by atoms with Crippen molar-refractivity contribution < 1.29 is 4.52 Å². The van der Waals surface area contributed by atoms with Crippen LogP contribution in [0.3, 0.4) is 0 Å². The number of nitrogens with zero attached hydrogens (tertiary/aromatic N) is 2. The zero-order valence-corrected chi connectivity index (χ0v) is 11.1. The molecule has 1 saturated carbocycles. The van der Waals surface area contributed by atoms with E-state index >= 15 is 0 Å². The highest BCUT2D eigenvalue weighted by atomic mass is 16.5. The fraction of sp³-hybridized carbons (Fsp3) is 0.846. The molecule has 1 aromatic heterocycles. The Balaban J connectivity index is 2.02. The predicted molar refractivity (Wildman–Crippen MR) is 67.1 cm³/mol. The number of aromatic nitrogens is 2. The van der Waals surface area contributed by atoms with Crippen molar-refractivity contribution in [2.24, 2.45) is 0 Å². The minimum Gasteiger partial charge on any atom is -0.339 e. The van der Waals surface area contributed by atoms with E-state index < -0.39 is 0 Å². The molecule has 0 radical (unpaired) electrons. The highest BCUT2D eigenvalue weighted by Gasteiger charge is 2.27. The van der Waals surface area contributed by atoms with Crippen molar-refractivity contribution in [2.75, 3.05) is 6.54 Å². The van der Waals surface area contributed by atoms with Crippen LogP contribution in [0.1, 0.15) is 70.0 Å². The Morgan fingerprint density at radius 3 is 2.71 bits per heavy atom. The molecule has 1 N–H and O–H groups in total. The van der Waals surface area contributed by atoms with Gasteiger partial charge in [-0.2, -0.15) is 4.98 Å². The van der Waals surface area contributed by atoms with E-state index in [9.17, 15) is 0 Å². The van der Waals surface area contributed by atoms with Crippen molar-refractivity contribution in [3.8, 4) is 0 Å². The van der Waals surface area contributed by atoms with Crippen LogP contribution in [0.2, 0.25) is 0 Å². The Hall–Kier alpha value is -0.900. The minimum atomic E-state index is 0.293. The molecule has 2 rings (SSSR count). The summed E-state index contributed by atoms with van der Waals surface area (Å²) < 4.78 is 5.41. The van der Waals surface area contributed by atoms with E-state index in [0.717, 1.165) is 24.7 Å². The summed E-state index contributed by atoms with van der Waals surface area (Å²) in [4.78, 5) is 4.57. The zero-order chi connectivity index (χ0) is 12.3. The molecule has 1 aliphatic rings. The normalized spacial score (nSPS) is 19.9. The SMILES string of the molecule is CCNC(CC)C(C)c1nc(C2CCC2)no1. The van der Waals surface area contributed by atoms with Crippen LogP contribution in [0.4, 0.5) is 0 Å². The summed E-state index contributed by atoms with van der Waals surface area (Å²) in [5.74, 6) is 2.56. The Labute approximate surface area is 103 Å². The molecule has 0 spiro atoms. The Morgan fingerprint density at radius 1 is 1.41 bits per heavy atom. The van der Waals surface area contributed by atoms with Gasteiger partial charge in [-0.15, -0.1) is 0 Å². The van der Waals surface area contributed by atoms with Gasteiger partial charge < -0.3 is 9.84 Å². The summed E-state index contributed by atoms with van der Waals surface area (Å²) in [7, 11) is 0. The summed E-state index contributed by atoms with van der Waals surface area (Å²) in [6.45, 7) is 7.46. The molecule has 4 heteroatoms. The van der Waals surface area contributed by atoms with Crippen molar-refractivity contribution in [1.82, 2.24) is 15.5 Å². The molecule has 0 bridgehead atoms. The van der Waals surface area contributed by atoms with Crippen molar-refractivity contribution in [3.63, 3.8) is 0 Å². The second-order valence-electron chi connectivity index (χ2n) is 4.98. The van der Waals surface area contributed by atoms with Gasteiger partial charge in [0, 0.05) is 12.0 Å². The first-order chi connectivity index (χ1) is 8.26. The van der Waals surface area contributed by atoms with E-state index in [4.69, 9.17) is 4.52 Å². The standard InChI is InChI=1S/C13H23N3O/c1-4-11(14-5-2)9(3)13-15-12(16-17-13)10-7-6-8-10/h9-11,14H,4-8H2,1-3H3. The van der Waals surface area contributed by atoms with E-state index in [1.165, 1.54) is 19.3 Å². The third-order valence-electron chi connectivity index (χ3n) is 3.83. The lowest BCUT2D eigenvalue weighted by molar-refractivity contribution is 0.312. The van der Waals surface area contributed by atoms with Crippen LogP contribution in [0, 0.1) is 0 Å². The van der Waals surface area contributed by atoms with Crippen LogP contribution >= 0.6 is 0 Å². The van der Waals surface area contributed by atoms with Gasteiger partial charge in [-0.25, -0.2) is 0 Å². The summed E-state index contributed by atoms with van der Waals surface area (Å²) in [5, 5.41) is 7.59. The number of nitrogens with one attached hydrogen (secondary N) is 1. The zero-order valence-electron chi connectivity index (χ0n) is 11.1. The highest BCUT2D eigenvalue weighted by molar-refractivity contribution is 5.03. The molecule has 96 valence electrons. The maximum absolute atomic E-state index is 5.41. The predicted octanol–water partition coefficient (Wildman–Crippen LogP) is 2.83. The van der Waals surface area contributed by atoms with Gasteiger partial charge in [0.15, 0.2) is 5.82 Å². The van der Waals surface area contributed by atoms with E-state index in [-0.39, 0.29) is 0 Å². The summed E-state index contributed by atoms with van der Waals surface area (Å²) in [6, 6.07) is 0.426. The first-order valence-electron chi connectivity index (χ1n) is 6.83. The van der Waals surface area contributed by atoms with E-state index in [1.54, 1.807) is 0 Å². The maximum Gasteiger partial charge on any atom is 0.231 e. The topological polar surface area (TPSA) is 51.0 Å². The van der Waals surface area contributed by atoms with Gasteiger partial charge in [0.2, 0.25) is 5.89 Å². The van der Waals surface area contributed by atoms with Gasteiger partial charge in [-0.1, -0.05) is 32.3 Å². The number of hydrogen-bond acceptors (Lipinski definition) is 4. The molecule has 0 amide bonds. The van der Waals surface area contributed by atoms with Crippen LogP contribution in [0.25, 0.3) is 0 Å². The number of likely N-dealkylation sites (N-methyl/N-ethyl adjacent to an activating group) is 1. The molecule has 1 fully saturated rings. The van der Waals surface area contributed by atoms with Crippen molar-refractivity contribution >= 4 is 0 Å². The fourth-order valence-electron chi connectivity index (χ4n) is 2.37. The van der Waals surface area contributed by atoms with Gasteiger partial charge in [-0.05, 0) is 25.8 Å². The molecule has 0 saturated heterocycles. The smallest absolute Gasteiger partial charge is 0.231 e. The molecule has 17 heavy (non-hydrogen) atoms. The maximum atomic E-state index is 5.41. The minimum absolute atomic E-state index is 0.293. The number of hydrogen-bond donors (Lipinski definition) is 1. The van der Waals surface area contributed by atoms with Crippen LogP contribution in [0.15, 0.2) is 4.52 Å². The molecule has 0 aromatic carbocycles. The van der Waals surface area contributed by atoms with Crippen LogP contribution in [-0.4, -0.2) is 22.7 Å². The first-order valence-corrected chi connectivity index (χ1v) is 6.83. The summed E-state index contributed by atoms with van der Waals surface area (Å²) in [6.07, 6.45) is 4.82. The molecule has 1 aliphatic carbocycles. The molecule has 2 atom stereocenters. The second kappa shape index (κ2) is 5.63. The third kappa shape index (κ3) is 2.68. The number of rotatable bonds is 6. The van der Waals surface area contributed by atoms with E-state index in [2.05, 4.69) is 36.2 Å². The molecule has 1 aromatic rings. The second-order valence-corrected chi connectivity index (χ2v) is 4.98. The molecule has 4 nitrogen and oxygen atoms in total. The van der Waals surface area contributed by atoms with E-state index in [0.29, 0.717) is 17.9 Å². The third-order valence-corrected chi connectivity index (χ3v) is 3.83. The van der Waals surface area contributed by atoms with Gasteiger partial charge in [0.25, 0.3) is 0 Å². The molecular formula is C13H23N3O. The van der Waals surface area contributed by atoms with Crippen LogP contribution in [-0.2, 0) is 0 Å². The Kier molecular flexibility index (Phi) is 4.15. The molecular weight excluding hydrogens is 214 g/mol. The monoisotopic (exact) mass is 237 g/mol. The van der Waals surface area contributed by atoms with Gasteiger partial charge >= 0.3 is 0 Å². The average molecular weight is 237 g/mol. The van der Waals surface area contributed by atoms with Gasteiger partial charge in [-0.3, -0.25) is 0 Å². The Morgan fingerprint density at radius 2 is 2.18 bits per heavy atom. The van der Waals surface area contributed by atoms with Crippen LogP contribution < -0.4 is 5.32 Å². The first kappa shape index (κ1) is 12.6. The van der Waals surface area contributed by atoms with Crippen LogP contribution in [0.5, 0.6) is 0 Å². The van der Waals surface area contributed by atoms with Crippen molar-refractivity contribution in [2.45, 2.75) is 64.3 Å². The molecule has 2 unspecified atom stereocenters. The lowest BCUT2D eigenvalue weighted by atomic mass is 9.85. The van der Waals surface area contributed by atoms with Crippen molar-refractivity contribution in [3.05, 3.63) is 11.7 Å².